The summed E-state index contributed by atoms with van der Waals surface area (Å²) in [7, 11) is 0. The van der Waals surface area contributed by atoms with Gasteiger partial charge in [0.15, 0.2) is 0 Å². The van der Waals surface area contributed by atoms with E-state index >= 15 is 0 Å². The van der Waals surface area contributed by atoms with Crippen molar-refractivity contribution >= 4 is 6.03 Å². The van der Waals surface area contributed by atoms with Gasteiger partial charge in [-0.3, -0.25) is 0 Å². The van der Waals surface area contributed by atoms with Gasteiger partial charge < -0.3 is 14.8 Å². The molecule has 1 spiro atoms. The standard InChI is InChI=1S/C17H26N4O/c1-15(12-20-11-9-18-14-20)19-16(22)21-10-5-8-17(13-21)6-3-2-4-7-17/h2-3,9,11,14-15H,4-8,10,12-13H2,1H3,(H,19,22). The van der Waals surface area contributed by atoms with Gasteiger partial charge in [0.25, 0.3) is 0 Å². The van der Waals surface area contributed by atoms with Crippen molar-refractivity contribution in [2.24, 2.45) is 5.41 Å². The summed E-state index contributed by atoms with van der Waals surface area (Å²) in [5, 5.41) is 3.13. The lowest BCUT2D eigenvalue weighted by molar-refractivity contribution is 0.0946. The Morgan fingerprint density at radius 1 is 1.41 bits per heavy atom. The Balaban J connectivity index is 1.54. The maximum absolute atomic E-state index is 12.5. The molecule has 0 radical (unpaired) electrons. The maximum atomic E-state index is 12.5. The number of allylic oxidation sites excluding steroid dienone is 2. The lowest BCUT2D eigenvalue weighted by Gasteiger charge is -2.44. The highest BCUT2D eigenvalue weighted by Crippen LogP contribution is 2.40. The number of urea groups is 1. The molecule has 3 rings (SSSR count). The second-order valence-corrected chi connectivity index (χ2v) is 6.85. The number of hydrogen-bond acceptors (Lipinski definition) is 2. The number of nitrogens with zero attached hydrogens (tertiary/aromatic N) is 3. The molecule has 2 amide bonds. The first-order valence-corrected chi connectivity index (χ1v) is 8.33. The average Bonchev–Trinajstić information content (AvgIpc) is 3.01. The van der Waals surface area contributed by atoms with Crippen molar-refractivity contribution in [3.8, 4) is 0 Å². The number of hydrogen-bond donors (Lipinski definition) is 1. The summed E-state index contributed by atoms with van der Waals surface area (Å²) in [6, 6.07) is 0.187. The minimum absolute atomic E-state index is 0.0845. The van der Waals surface area contributed by atoms with Gasteiger partial charge in [-0.2, -0.15) is 0 Å². The predicted molar refractivity (Wildman–Crippen MR) is 86.5 cm³/mol. The molecule has 0 bridgehead atoms. The van der Waals surface area contributed by atoms with Crippen LogP contribution < -0.4 is 5.32 Å². The highest BCUT2D eigenvalue weighted by molar-refractivity contribution is 5.74. The van der Waals surface area contributed by atoms with Gasteiger partial charge in [-0.15, -0.1) is 0 Å². The number of nitrogens with one attached hydrogen (secondary N) is 1. The van der Waals surface area contributed by atoms with Crippen molar-refractivity contribution in [2.75, 3.05) is 13.1 Å². The van der Waals surface area contributed by atoms with Crippen molar-refractivity contribution in [1.82, 2.24) is 19.8 Å². The van der Waals surface area contributed by atoms with E-state index in [1.54, 1.807) is 12.5 Å². The van der Waals surface area contributed by atoms with E-state index in [4.69, 9.17) is 0 Å². The smallest absolute Gasteiger partial charge is 0.317 e. The molecule has 0 aromatic carbocycles. The molecule has 1 aliphatic heterocycles. The van der Waals surface area contributed by atoms with E-state index < -0.39 is 0 Å². The zero-order chi connectivity index (χ0) is 15.4. The Hall–Kier alpha value is -1.78. The Morgan fingerprint density at radius 2 is 2.32 bits per heavy atom. The van der Waals surface area contributed by atoms with Crippen LogP contribution in [0.4, 0.5) is 4.79 Å². The van der Waals surface area contributed by atoms with Gasteiger partial charge in [-0.25, -0.2) is 9.78 Å². The first-order chi connectivity index (χ1) is 10.7. The van der Waals surface area contributed by atoms with Crippen LogP contribution in [0.3, 0.4) is 0 Å². The molecule has 1 aliphatic carbocycles. The van der Waals surface area contributed by atoms with Crippen LogP contribution in [0.2, 0.25) is 0 Å². The number of likely N-dealkylation sites (tertiary alicyclic amines) is 1. The maximum Gasteiger partial charge on any atom is 0.317 e. The summed E-state index contributed by atoms with van der Waals surface area (Å²) >= 11 is 0. The normalized spacial score (nSPS) is 26.1. The number of amides is 2. The SMILES string of the molecule is CC(Cn1ccnc1)NC(=O)N1CCCC2(CC=CCC2)C1. The van der Waals surface area contributed by atoms with Crippen LogP contribution >= 0.6 is 0 Å². The number of carbonyl (C=O) groups is 1. The summed E-state index contributed by atoms with van der Waals surface area (Å²) in [5.41, 5.74) is 0.331. The van der Waals surface area contributed by atoms with Gasteiger partial charge in [0.05, 0.1) is 6.33 Å². The van der Waals surface area contributed by atoms with E-state index in [9.17, 15) is 4.79 Å². The molecule has 2 aliphatic rings. The van der Waals surface area contributed by atoms with Crippen LogP contribution in [0.1, 0.15) is 39.0 Å². The number of aromatic nitrogens is 2. The van der Waals surface area contributed by atoms with Crippen molar-refractivity contribution in [3.63, 3.8) is 0 Å². The van der Waals surface area contributed by atoms with E-state index in [0.29, 0.717) is 5.41 Å². The minimum Gasteiger partial charge on any atom is -0.335 e. The average molecular weight is 302 g/mol. The van der Waals surface area contributed by atoms with E-state index in [1.807, 2.05) is 22.6 Å². The molecular weight excluding hydrogens is 276 g/mol. The van der Waals surface area contributed by atoms with E-state index in [-0.39, 0.29) is 12.1 Å². The molecule has 2 atom stereocenters. The third-order valence-corrected chi connectivity index (χ3v) is 4.92. The molecule has 1 N–H and O–H groups in total. The summed E-state index contributed by atoms with van der Waals surface area (Å²) in [4.78, 5) is 18.6. The van der Waals surface area contributed by atoms with E-state index in [0.717, 1.165) is 38.9 Å². The van der Waals surface area contributed by atoms with Gasteiger partial charge in [0, 0.05) is 38.1 Å². The highest BCUT2D eigenvalue weighted by atomic mass is 16.2. The largest absolute Gasteiger partial charge is 0.335 e. The summed E-state index contributed by atoms with van der Waals surface area (Å²) in [5.74, 6) is 0. The molecule has 22 heavy (non-hydrogen) atoms. The van der Waals surface area contributed by atoms with Gasteiger partial charge in [0.1, 0.15) is 0 Å². The van der Waals surface area contributed by atoms with Crippen LogP contribution in [-0.2, 0) is 6.54 Å². The third kappa shape index (κ3) is 3.51. The first kappa shape index (κ1) is 15.1. The molecule has 5 heteroatoms. The Morgan fingerprint density at radius 3 is 3.05 bits per heavy atom. The lowest BCUT2D eigenvalue weighted by atomic mass is 9.71. The van der Waals surface area contributed by atoms with Crippen molar-refractivity contribution < 1.29 is 4.79 Å². The first-order valence-electron chi connectivity index (χ1n) is 8.33. The summed E-state index contributed by atoms with van der Waals surface area (Å²) in [6.07, 6.45) is 15.9. The second-order valence-electron chi connectivity index (χ2n) is 6.85. The quantitative estimate of drug-likeness (QED) is 0.873. The molecule has 1 aromatic rings. The molecule has 120 valence electrons. The Labute approximate surface area is 132 Å². The third-order valence-electron chi connectivity index (χ3n) is 4.92. The molecule has 5 nitrogen and oxygen atoms in total. The molecule has 1 saturated heterocycles. The van der Waals surface area contributed by atoms with Crippen LogP contribution in [0.5, 0.6) is 0 Å². The van der Waals surface area contributed by atoms with Gasteiger partial charge >= 0.3 is 6.03 Å². The summed E-state index contributed by atoms with van der Waals surface area (Å²) < 4.78 is 1.99. The van der Waals surface area contributed by atoms with Gasteiger partial charge in [-0.1, -0.05) is 12.2 Å². The monoisotopic (exact) mass is 302 g/mol. The zero-order valence-corrected chi connectivity index (χ0v) is 13.4. The summed E-state index contributed by atoms with van der Waals surface area (Å²) in [6.45, 7) is 4.59. The van der Waals surface area contributed by atoms with Crippen LogP contribution in [0.25, 0.3) is 0 Å². The van der Waals surface area contributed by atoms with Gasteiger partial charge in [-0.05, 0) is 44.4 Å². The molecule has 2 unspecified atom stereocenters. The molecule has 0 saturated carbocycles. The van der Waals surface area contributed by atoms with Crippen molar-refractivity contribution in [3.05, 3.63) is 30.9 Å². The highest BCUT2D eigenvalue weighted by Gasteiger charge is 2.36. The topological polar surface area (TPSA) is 50.2 Å². The van der Waals surface area contributed by atoms with E-state index in [2.05, 4.69) is 22.5 Å². The fourth-order valence-electron chi connectivity index (χ4n) is 3.75. The van der Waals surface area contributed by atoms with Gasteiger partial charge in [0.2, 0.25) is 0 Å². The Bertz CT molecular complexity index is 525. The van der Waals surface area contributed by atoms with E-state index in [1.165, 1.54) is 12.8 Å². The molecule has 1 aromatic heterocycles. The van der Waals surface area contributed by atoms with Crippen LogP contribution in [0, 0.1) is 5.41 Å². The minimum atomic E-state index is 0.0845. The fourth-order valence-corrected chi connectivity index (χ4v) is 3.75. The zero-order valence-electron chi connectivity index (χ0n) is 13.4. The van der Waals surface area contributed by atoms with Crippen LogP contribution in [0.15, 0.2) is 30.9 Å². The lowest BCUT2D eigenvalue weighted by Crippen LogP contribution is -2.52. The van der Waals surface area contributed by atoms with Crippen molar-refractivity contribution in [1.29, 1.82) is 0 Å². The number of rotatable bonds is 3. The Kier molecular flexibility index (Phi) is 4.50. The fraction of sp³-hybridized carbons (Fsp3) is 0.647. The molecular formula is C17H26N4O. The van der Waals surface area contributed by atoms with Crippen molar-refractivity contribution in [2.45, 2.75) is 51.6 Å². The molecule has 2 heterocycles. The predicted octanol–water partition coefficient (Wildman–Crippen LogP) is 2.80. The number of carbonyl (C=O) groups excluding carboxylic acids is 1. The number of piperidine rings is 1. The molecule has 1 fully saturated rings. The number of imidazole rings is 1. The second kappa shape index (κ2) is 6.55. The van der Waals surface area contributed by atoms with Crippen LogP contribution in [-0.4, -0.2) is 39.6 Å².